The number of carbonyl (C=O) groups excluding carboxylic acids is 2. The van der Waals surface area contributed by atoms with Crippen LogP contribution >= 0.6 is 11.3 Å². The van der Waals surface area contributed by atoms with Crippen LogP contribution in [-0.4, -0.2) is 57.6 Å². The molecule has 2 fully saturated rings. The number of thiazole rings is 1. The van der Waals surface area contributed by atoms with Crippen LogP contribution in [0.5, 0.6) is 0 Å². The Balaban J connectivity index is 1.82. The Labute approximate surface area is 165 Å². The SMILES string of the molecule is Cc1nc(C(=O)N2CC[C@@H]3[C@H]2CCCCCN3C(=O)OC(C)(C)C)c(C)s1. The summed E-state index contributed by atoms with van der Waals surface area (Å²) in [4.78, 5) is 35.2. The van der Waals surface area contributed by atoms with Gasteiger partial charge in [0, 0.05) is 18.0 Å². The van der Waals surface area contributed by atoms with Gasteiger partial charge in [-0.15, -0.1) is 11.3 Å². The number of hydrogen-bond donors (Lipinski definition) is 0. The number of ether oxygens (including phenoxy) is 1. The molecule has 0 N–H and O–H groups in total. The molecule has 2 atom stereocenters. The first-order chi connectivity index (χ1) is 12.7. The summed E-state index contributed by atoms with van der Waals surface area (Å²) in [5.41, 5.74) is 0.0576. The minimum Gasteiger partial charge on any atom is -0.444 e. The molecule has 2 aliphatic rings. The molecule has 2 amide bonds. The lowest BCUT2D eigenvalue weighted by atomic mass is 9.97. The number of fused-ring (bicyclic) bond motifs is 1. The lowest BCUT2D eigenvalue weighted by molar-refractivity contribution is 0.00895. The number of aromatic nitrogens is 1. The summed E-state index contributed by atoms with van der Waals surface area (Å²) >= 11 is 1.56. The number of aryl methyl sites for hydroxylation is 2. The van der Waals surface area contributed by atoms with E-state index in [0.29, 0.717) is 18.8 Å². The lowest BCUT2D eigenvalue weighted by Crippen LogP contribution is -2.51. The van der Waals surface area contributed by atoms with Crippen molar-refractivity contribution in [1.82, 2.24) is 14.8 Å². The van der Waals surface area contributed by atoms with E-state index in [1.165, 1.54) is 0 Å². The molecule has 3 rings (SSSR count). The Hall–Kier alpha value is -1.63. The highest BCUT2D eigenvalue weighted by Crippen LogP contribution is 2.32. The fourth-order valence-electron chi connectivity index (χ4n) is 4.19. The third-order valence-corrected chi connectivity index (χ3v) is 6.19. The maximum atomic E-state index is 13.2. The molecule has 0 spiro atoms. The van der Waals surface area contributed by atoms with Gasteiger partial charge >= 0.3 is 6.09 Å². The number of nitrogens with zero attached hydrogens (tertiary/aromatic N) is 3. The first kappa shape index (κ1) is 20.1. The van der Waals surface area contributed by atoms with Crippen molar-refractivity contribution in [2.24, 2.45) is 0 Å². The second-order valence-corrected chi connectivity index (χ2v) is 9.99. The fourth-order valence-corrected chi connectivity index (χ4v) is 5.00. The first-order valence-corrected chi connectivity index (χ1v) is 10.7. The molecular formula is C20H31N3O3S. The van der Waals surface area contributed by atoms with E-state index in [0.717, 1.165) is 42.0 Å². The van der Waals surface area contributed by atoms with Crippen LogP contribution in [0, 0.1) is 13.8 Å². The molecule has 0 unspecified atom stereocenters. The van der Waals surface area contributed by atoms with E-state index in [2.05, 4.69) is 4.98 Å². The number of amides is 2. The molecule has 0 radical (unpaired) electrons. The van der Waals surface area contributed by atoms with Crippen LogP contribution in [0.25, 0.3) is 0 Å². The van der Waals surface area contributed by atoms with Gasteiger partial charge in [0.05, 0.1) is 17.1 Å². The van der Waals surface area contributed by atoms with Crippen LogP contribution in [0.2, 0.25) is 0 Å². The van der Waals surface area contributed by atoms with Crippen LogP contribution < -0.4 is 0 Å². The Kier molecular flexibility index (Phi) is 5.79. The van der Waals surface area contributed by atoms with E-state index >= 15 is 0 Å². The summed E-state index contributed by atoms with van der Waals surface area (Å²) in [5, 5.41) is 0.916. The average Bonchev–Trinajstić information content (AvgIpc) is 3.07. The van der Waals surface area contributed by atoms with E-state index in [-0.39, 0.29) is 24.1 Å². The van der Waals surface area contributed by atoms with Crippen molar-refractivity contribution < 1.29 is 14.3 Å². The summed E-state index contributed by atoms with van der Waals surface area (Å²) in [5.74, 6) is 0.00839. The minimum absolute atomic E-state index is 0.00839. The maximum Gasteiger partial charge on any atom is 0.410 e. The van der Waals surface area contributed by atoms with E-state index in [4.69, 9.17) is 4.74 Å². The van der Waals surface area contributed by atoms with E-state index in [1.54, 1.807) is 11.3 Å². The molecule has 6 nitrogen and oxygen atoms in total. The van der Waals surface area contributed by atoms with Crippen molar-refractivity contribution in [3.8, 4) is 0 Å². The van der Waals surface area contributed by atoms with Gasteiger partial charge in [-0.1, -0.05) is 12.8 Å². The second-order valence-electron chi connectivity index (χ2n) is 8.58. The molecule has 150 valence electrons. The van der Waals surface area contributed by atoms with Crippen molar-refractivity contribution in [3.63, 3.8) is 0 Å². The first-order valence-electron chi connectivity index (χ1n) is 9.92. The Morgan fingerprint density at radius 1 is 1.04 bits per heavy atom. The van der Waals surface area contributed by atoms with Crippen LogP contribution in [0.15, 0.2) is 0 Å². The zero-order valence-corrected chi connectivity index (χ0v) is 17.9. The van der Waals surface area contributed by atoms with Crippen LogP contribution in [0.1, 0.15) is 73.2 Å². The Bertz CT molecular complexity index is 710. The van der Waals surface area contributed by atoms with Crippen LogP contribution in [0.3, 0.4) is 0 Å². The van der Waals surface area contributed by atoms with Gasteiger partial charge in [0.15, 0.2) is 0 Å². The number of rotatable bonds is 1. The van der Waals surface area contributed by atoms with E-state index < -0.39 is 5.60 Å². The van der Waals surface area contributed by atoms with Crippen molar-refractivity contribution in [2.45, 2.75) is 84.4 Å². The summed E-state index contributed by atoms with van der Waals surface area (Å²) in [6, 6.07) is 0.0795. The van der Waals surface area contributed by atoms with Gasteiger partial charge in [-0.3, -0.25) is 4.79 Å². The number of hydrogen-bond acceptors (Lipinski definition) is 5. The quantitative estimate of drug-likeness (QED) is 0.719. The molecule has 2 aliphatic heterocycles. The highest BCUT2D eigenvalue weighted by molar-refractivity contribution is 7.11. The largest absolute Gasteiger partial charge is 0.444 e. The molecule has 3 heterocycles. The smallest absolute Gasteiger partial charge is 0.410 e. The summed E-state index contributed by atoms with van der Waals surface area (Å²) in [6.45, 7) is 10.9. The topological polar surface area (TPSA) is 62.7 Å². The highest BCUT2D eigenvalue weighted by atomic mass is 32.1. The molecule has 0 aliphatic carbocycles. The van der Waals surface area contributed by atoms with Gasteiger partial charge in [0.25, 0.3) is 5.91 Å². The lowest BCUT2D eigenvalue weighted by Gasteiger charge is -2.37. The third kappa shape index (κ3) is 4.45. The molecule has 7 heteroatoms. The Morgan fingerprint density at radius 2 is 1.74 bits per heavy atom. The summed E-state index contributed by atoms with van der Waals surface area (Å²) in [7, 11) is 0. The molecule has 27 heavy (non-hydrogen) atoms. The number of carbonyl (C=O) groups is 2. The van der Waals surface area contributed by atoms with Crippen LogP contribution in [0.4, 0.5) is 4.79 Å². The fraction of sp³-hybridized carbons (Fsp3) is 0.750. The van der Waals surface area contributed by atoms with Crippen molar-refractivity contribution in [1.29, 1.82) is 0 Å². The van der Waals surface area contributed by atoms with Gasteiger partial charge in [0.2, 0.25) is 0 Å². The van der Waals surface area contributed by atoms with Gasteiger partial charge in [-0.25, -0.2) is 9.78 Å². The zero-order valence-electron chi connectivity index (χ0n) is 17.1. The predicted molar refractivity (Wildman–Crippen MR) is 106 cm³/mol. The van der Waals surface area contributed by atoms with Crippen LogP contribution in [-0.2, 0) is 4.74 Å². The molecule has 1 aromatic heterocycles. The molecular weight excluding hydrogens is 362 g/mol. The van der Waals surface area contributed by atoms with Crippen molar-refractivity contribution in [3.05, 3.63) is 15.6 Å². The van der Waals surface area contributed by atoms with Gasteiger partial charge < -0.3 is 14.5 Å². The minimum atomic E-state index is -0.516. The van der Waals surface area contributed by atoms with Crippen molar-refractivity contribution >= 4 is 23.3 Å². The zero-order chi connectivity index (χ0) is 19.8. The highest BCUT2D eigenvalue weighted by Gasteiger charge is 2.43. The normalized spacial score (nSPS) is 23.6. The molecule has 1 aromatic rings. The standard InChI is InChI=1S/C20H31N3O3S/c1-13-17(21-14(2)27-13)18(24)22-12-10-16-15(22)9-7-6-8-11-23(16)19(25)26-20(3,4)5/h15-16H,6-12H2,1-5H3/t15-,16-/m1/s1. The molecule has 0 bridgehead atoms. The summed E-state index contributed by atoms with van der Waals surface area (Å²) in [6.07, 6.45) is 4.62. The Morgan fingerprint density at radius 3 is 2.37 bits per heavy atom. The van der Waals surface area contributed by atoms with E-state index in [9.17, 15) is 9.59 Å². The third-order valence-electron chi connectivity index (χ3n) is 5.30. The number of likely N-dealkylation sites (tertiary alicyclic amines) is 2. The van der Waals surface area contributed by atoms with Crippen molar-refractivity contribution in [2.75, 3.05) is 13.1 Å². The van der Waals surface area contributed by atoms with E-state index in [1.807, 2.05) is 44.4 Å². The van der Waals surface area contributed by atoms with Gasteiger partial charge in [-0.2, -0.15) is 0 Å². The second kappa shape index (κ2) is 7.78. The molecule has 0 saturated carbocycles. The molecule has 2 saturated heterocycles. The molecule has 0 aromatic carbocycles. The summed E-state index contributed by atoms with van der Waals surface area (Å²) < 4.78 is 5.66. The predicted octanol–water partition coefficient (Wildman–Crippen LogP) is 4.15. The van der Waals surface area contributed by atoms with Gasteiger partial charge in [0.1, 0.15) is 11.3 Å². The van der Waals surface area contributed by atoms with Gasteiger partial charge in [-0.05, 0) is 53.9 Å². The monoisotopic (exact) mass is 393 g/mol. The maximum absolute atomic E-state index is 13.2. The average molecular weight is 394 g/mol.